The average molecular weight is 393 g/mol. The maximum atomic E-state index is 12.6. The monoisotopic (exact) mass is 393 g/mol. The van der Waals surface area contributed by atoms with Crippen LogP contribution in [-0.2, 0) is 9.47 Å². The number of carbonyl (C=O) groups is 1. The minimum atomic E-state index is -0.903. The van der Waals surface area contributed by atoms with Crippen molar-refractivity contribution in [3.8, 4) is 11.5 Å². The van der Waals surface area contributed by atoms with E-state index in [1.54, 1.807) is 12.0 Å². The zero-order valence-corrected chi connectivity index (χ0v) is 17.1. The van der Waals surface area contributed by atoms with Crippen molar-refractivity contribution in [3.63, 3.8) is 0 Å². The smallest absolute Gasteiger partial charge is 0.410 e. The molecule has 0 aromatic heterocycles. The number of nitrogens with zero attached hydrogens (tertiary/aromatic N) is 1. The molecule has 2 fully saturated rings. The van der Waals surface area contributed by atoms with E-state index in [0.29, 0.717) is 50.6 Å². The maximum absolute atomic E-state index is 12.6. The Labute approximate surface area is 166 Å². The Hall–Kier alpha value is -1.99. The Morgan fingerprint density at radius 3 is 2.39 bits per heavy atom. The molecule has 1 N–H and O–H groups in total. The normalized spacial score (nSPS) is 27.2. The molecule has 1 aromatic rings. The topological polar surface area (TPSA) is 77.5 Å². The van der Waals surface area contributed by atoms with Gasteiger partial charge in [0.25, 0.3) is 0 Å². The fourth-order valence-electron chi connectivity index (χ4n) is 3.98. The van der Waals surface area contributed by atoms with E-state index in [4.69, 9.17) is 18.9 Å². The quantitative estimate of drug-likeness (QED) is 0.829. The third kappa shape index (κ3) is 4.89. The number of aliphatic hydroxyl groups is 1. The Bertz CT molecular complexity index is 672. The molecule has 1 aromatic carbocycles. The highest BCUT2D eigenvalue weighted by Crippen LogP contribution is 2.37. The second-order valence-corrected chi connectivity index (χ2v) is 8.61. The molecule has 7 heteroatoms. The zero-order valence-electron chi connectivity index (χ0n) is 17.1. The van der Waals surface area contributed by atoms with Gasteiger partial charge in [0.05, 0.1) is 44.6 Å². The predicted molar refractivity (Wildman–Crippen MR) is 104 cm³/mol. The minimum Gasteiger partial charge on any atom is -0.493 e. The van der Waals surface area contributed by atoms with Crippen molar-refractivity contribution in [1.82, 2.24) is 4.90 Å². The molecule has 2 heterocycles. The average Bonchev–Trinajstić information content (AvgIpc) is 2.59. The molecule has 2 unspecified atom stereocenters. The highest BCUT2D eigenvalue weighted by molar-refractivity contribution is 5.69. The van der Waals surface area contributed by atoms with Crippen molar-refractivity contribution < 1.29 is 28.8 Å². The van der Waals surface area contributed by atoms with E-state index in [9.17, 15) is 9.90 Å². The van der Waals surface area contributed by atoms with Crippen molar-refractivity contribution in [2.45, 2.75) is 63.3 Å². The lowest BCUT2D eigenvalue weighted by molar-refractivity contribution is -0.141. The lowest BCUT2D eigenvalue weighted by atomic mass is 9.79. The molecular weight excluding hydrogens is 362 g/mol. The molecule has 0 saturated carbocycles. The number of rotatable bonds is 5. The zero-order chi connectivity index (χ0) is 20.4. The Balaban J connectivity index is 1.61. The first-order valence-electron chi connectivity index (χ1n) is 9.78. The van der Waals surface area contributed by atoms with Gasteiger partial charge in [0.1, 0.15) is 5.60 Å². The molecule has 2 aliphatic heterocycles. The number of para-hydroxylation sites is 2. The highest BCUT2D eigenvalue weighted by atomic mass is 16.6. The number of fused-ring (bicyclic) bond motifs is 2. The second-order valence-electron chi connectivity index (χ2n) is 8.61. The van der Waals surface area contributed by atoms with Gasteiger partial charge in [0, 0.05) is 6.42 Å². The number of hydrogen-bond acceptors (Lipinski definition) is 6. The van der Waals surface area contributed by atoms with Crippen LogP contribution in [0.2, 0.25) is 0 Å². The van der Waals surface area contributed by atoms with Crippen molar-refractivity contribution in [2.24, 2.45) is 0 Å². The summed E-state index contributed by atoms with van der Waals surface area (Å²) in [6.45, 7) is 6.74. The van der Waals surface area contributed by atoms with Crippen LogP contribution < -0.4 is 9.47 Å². The van der Waals surface area contributed by atoms with Crippen molar-refractivity contribution in [3.05, 3.63) is 24.3 Å². The minimum absolute atomic E-state index is 0.196. The molecule has 2 saturated heterocycles. The van der Waals surface area contributed by atoms with Crippen LogP contribution in [0.25, 0.3) is 0 Å². The van der Waals surface area contributed by atoms with Crippen molar-refractivity contribution >= 4 is 6.09 Å². The van der Waals surface area contributed by atoms with Crippen LogP contribution in [0, 0.1) is 0 Å². The summed E-state index contributed by atoms with van der Waals surface area (Å²) in [6.07, 6.45) is 1.02. The number of benzene rings is 1. The van der Waals surface area contributed by atoms with Gasteiger partial charge in [-0.3, -0.25) is 4.90 Å². The second kappa shape index (κ2) is 8.17. The van der Waals surface area contributed by atoms with Gasteiger partial charge in [-0.05, 0) is 45.7 Å². The largest absolute Gasteiger partial charge is 0.493 e. The molecule has 0 radical (unpaired) electrons. The van der Waals surface area contributed by atoms with Gasteiger partial charge in [0.15, 0.2) is 11.5 Å². The van der Waals surface area contributed by atoms with Crippen LogP contribution in [0.15, 0.2) is 24.3 Å². The summed E-state index contributed by atoms with van der Waals surface area (Å²) in [5.41, 5.74) is -1.46. The SMILES string of the molecule is COc1ccccc1OCCC1(O)CC2COCC(C1)N2C(=O)OC(C)(C)C. The molecule has 3 rings (SSSR count). The summed E-state index contributed by atoms with van der Waals surface area (Å²) in [4.78, 5) is 14.4. The fourth-order valence-corrected chi connectivity index (χ4v) is 3.98. The molecule has 28 heavy (non-hydrogen) atoms. The molecule has 156 valence electrons. The van der Waals surface area contributed by atoms with Crippen molar-refractivity contribution in [2.75, 3.05) is 26.9 Å². The van der Waals surface area contributed by atoms with Gasteiger partial charge >= 0.3 is 6.09 Å². The maximum Gasteiger partial charge on any atom is 0.410 e. The molecule has 0 spiro atoms. The number of piperidine rings is 1. The van der Waals surface area contributed by atoms with Crippen molar-refractivity contribution in [1.29, 1.82) is 0 Å². The summed E-state index contributed by atoms with van der Waals surface area (Å²) in [6, 6.07) is 7.06. The molecule has 0 aliphatic carbocycles. The lowest BCUT2D eigenvalue weighted by Crippen LogP contribution is -2.64. The van der Waals surface area contributed by atoms with E-state index in [-0.39, 0.29) is 18.2 Å². The van der Waals surface area contributed by atoms with Gasteiger partial charge in [-0.2, -0.15) is 0 Å². The van der Waals surface area contributed by atoms with E-state index in [0.717, 1.165) is 0 Å². The van der Waals surface area contributed by atoms with Crippen LogP contribution in [0.3, 0.4) is 0 Å². The van der Waals surface area contributed by atoms with Crippen LogP contribution >= 0.6 is 0 Å². The molecule has 2 aliphatic rings. The van der Waals surface area contributed by atoms with Gasteiger partial charge in [-0.1, -0.05) is 12.1 Å². The Kier molecular flexibility index (Phi) is 6.05. The Morgan fingerprint density at radius 1 is 1.21 bits per heavy atom. The van der Waals surface area contributed by atoms with Gasteiger partial charge in [-0.25, -0.2) is 4.79 Å². The molecule has 1 amide bonds. The summed E-state index contributed by atoms with van der Waals surface area (Å²) < 4.78 is 22.3. The van der Waals surface area contributed by atoms with E-state index in [1.165, 1.54) is 0 Å². The molecule has 2 bridgehead atoms. The van der Waals surface area contributed by atoms with Gasteiger partial charge in [-0.15, -0.1) is 0 Å². The summed E-state index contributed by atoms with van der Waals surface area (Å²) in [7, 11) is 1.60. The van der Waals surface area contributed by atoms with Crippen LogP contribution in [-0.4, -0.2) is 66.3 Å². The van der Waals surface area contributed by atoms with Crippen LogP contribution in [0.4, 0.5) is 4.79 Å². The highest BCUT2D eigenvalue weighted by Gasteiger charge is 2.49. The van der Waals surface area contributed by atoms with E-state index >= 15 is 0 Å². The Morgan fingerprint density at radius 2 is 1.82 bits per heavy atom. The first-order valence-corrected chi connectivity index (χ1v) is 9.78. The van der Waals surface area contributed by atoms with Gasteiger partial charge in [0.2, 0.25) is 0 Å². The number of ether oxygens (including phenoxy) is 4. The molecule has 2 atom stereocenters. The number of carbonyl (C=O) groups excluding carboxylic acids is 1. The third-order valence-corrected chi connectivity index (χ3v) is 5.14. The third-order valence-electron chi connectivity index (χ3n) is 5.14. The summed E-state index contributed by atoms with van der Waals surface area (Å²) >= 11 is 0. The first kappa shape index (κ1) is 20.7. The summed E-state index contributed by atoms with van der Waals surface area (Å²) in [5, 5.41) is 11.2. The number of morpholine rings is 1. The van der Waals surface area contributed by atoms with E-state index in [1.807, 2.05) is 45.0 Å². The first-order chi connectivity index (χ1) is 13.2. The predicted octanol–water partition coefficient (Wildman–Crippen LogP) is 2.99. The molecular formula is C21H31NO6. The van der Waals surface area contributed by atoms with Crippen LogP contribution in [0.5, 0.6) is 11.5 Å². The van der Waals surface area contributed by atoms with E-state index in [2.05, 4.69) is 0 Å². The van der Waals surface area contributed by atoms with Gasteiger partial charge < -0.3 is 24.1 Å². The molecule has 7 nitrogen and oxygen atoms in total. The number of hydrogen-bond donors (Lipinski definition) is 1. The lowest BCUT2D eigenvalue weighted by Gasteiger charge is -2.51. The fraction of sp³-hybridized carbons (Fsp3) is 0.667. The summed E-state index contributed by atoms with van der Waals surface area (Å²) in [5.74, 6) is 1.32. The standard InChI is InChI=1S/C21H31NO6/c1-20(2,3)28-19(23)22-15-11-21(24,12-16(22)14-26-13-15)9-10-27-18-8-6-5-7-17(18)25-4/h5-8,15-16,24H,9-14H2,1-4H3. The number of methoxy groups -OCH3 is 1. The van der Waals surface area contributed by atoms with Crippen LogP contribution in [0.1, 0.15) is 40.0 Å². The van der Waals surface area contributed by atoms with E-state index < -0.39 is 11.2 Å². The number of amides is 1.